The van der Waals surface area contributed by atoms with Crippen LogP contribution < -0.4 is 17.5 Å². The van der Waals surface area contributed by atoms with E-state index in [1.54, 1.807) is 41.3 Å². The fraction of sp³-hybridized carbons (Fsp3) is 0.500. The summed E-state index contributed by atoms with van der Waals surface area (Å²) in [5.41, 5.74) is 1.22. The molecule has 0 spiro atoms. The van der Waals surface area contributed by atoms with E-state index in [0.29, 0.717) is 62.8 Å². The van der Waals surface area contributed by atoms with Gasteiger partial charge in [0.1, 0.15) is 5.79 Å². The van der Waals surface area contributed by atoms with Crippen LogP contribution in [0.1, 0.15) is 34.5 Å². The van der Waals surface area contributed by atoms with Crippen LogP contribution in [0, 0.1) is 0 Å². The molecular formula is C34H47Cl3MgN2O13. The Kier molecular flexibility index (Phi) is 31.4. The van der Waals surface area contributed by atoms with Crippen LogP contribution in [-0.4, -0.2) is 150 Å². The SMILES string of the molecule is C.COC(=O)C(=O)c1ccccc1CCl.COC(=O)C([O-])(OC)c1ccccc1CN1CCOCC1.COC(=O)Cl.COC(=O)N1CCOCC1.[Cl-].[Mg+2]. The van der Waals surface area contributed by atoms with Crippen LogP contribution in [-0.2, 0) is 61.0 Å². The second kappa shape index (κ2) is 30.5. The number of morpholine rings is 2. The molecule has 0 N–H and O–H groups in total. The Morgan fingerprint density at radius 1 is 0.774 bits per heavy atom. The summed E-state index contributed by atoms with van der Waals surface area (Å²) in [7, 11) is 6.17. The van der Waals surface area contributed by atoms with Crippen LogP contribution in [0.4, 0.5) is 9.59 Å². The van der Waals surface area contributed by atoms with E-state index in [2.05, 4.69) is 35.4 Å². The van der Waals surface area contributed by atoms with Crippen LogP contribution in [0.15, 0.2) is 48.5 Å². The van der Waals surface area contributed by atoms with Crippen molar-refractivity contribution in [2.45, 2.75) is 25.6 Å². The zero-order chi connectivity index (χ0) is 37.5. The van der Waals surface area contributed by atoms with Crippen molar-refractivity contribution >= 4 is 75.5 Å². The Hall–Kier alpha value is -2.77. The van der Waals surface area contributed by atoms with Crippen LogP contribution in [0.5, 0.6) is 0 Å². The van der Waals surface area contributed by atoms with Gasteiger partial charge in [0.25, 0.3) is 5.78 Å². The Morgan fingerprint density at radius 3 is 1.72 bits per heavy atom. The summed E-state index contributed by atoms with van der Waals surface area (Å²) < 4.78 is 32.6. The maximum atomic E-state index is 12.7. The summed E-state index contributed by atoms with van der Waals surface area (Å²) in [6.45, 7) is 6.04. The van der Waals surface area contributed by atoms with Crippen molar-refractivity contribution in [3.05, 3.63) is 70.8 Å². The van der Waals surface area contributed by atoms with Crippen molar-refractivity contribution in [2.75, 3.05) is 88.2 Å². The molecule has 2 saturated heterocycles. The minimum atomic E-state index is -2.34. The quantitative estimate of drug-likeness (QED) is 0.0507. The van der Waals surface area contributed by atoms with E-state index in [1.807, 2.05) is 12.1 Å². The molecule has 2 heterocycles. The van der Waals surface area contributed by atoms with Crippen molar-refractivity contribution in [3.63, 3.8) is 0 Å². The first-order valence-corrected chi connectivity index (χ1v) is 16.0. The van der Waals surface area contributed by atoms with Gasteiger partial charge in [-0.25, -0.2) is 14.4 Å². The molecule has 0 saturated carbocycles. The minimum absolute atomic E-state index is 0. The van der Waals surface area contributed by atoms with Crippen molar-refractivity contribution in [1.82, 2.24) is 9.80 Å². The molecule has 1 unspecified atom stereocenters. The monoisotopic (exact) mass is 820 g/mol. The number of ether oxygens (including phenoxy) is 7. The average Bonchev–Trinajstić information content (AvgIpc) is 3.17. The Bertz CT molecular complexity index is 1380. The second-order valence-corrected chi connectivity index (χ2v) is 10.6. The Balaban J connectivity index is -0.000000681. The van der Waals surface area contributed by atoms with Crippen LogP contribution in [0.25, 0.3) is 0 Å². The average molecular weight is 822 g/mol. The number of rotatable bonds is 8. The van der Waals surface area contributed by atoms with Gasteiger partial charge in [-0.1, -0.05) is 56.0 Å². The molecule has 2 fully saturated rings. The van der Waals surface area contributed by atoms with E-state index < -0.39 is 28.9 Å². The fourth-order valence-electron chi connectivity index (χ4n) is 4.35. The molecule has 0 radical (unpaired) electrons. The molecule has 19 heteroatoms. The van der Waals surface area contributed by atoms with E-state index in [1.165, 1.54) is 35.5 Å². The predicted octanol–water partition coefficient (Wildman–Crippen LogP) is -0.0317. The molecule has 15 nitrogen and oxygen atoms in total. The van der Waals surface area contributed by atoms with E-state index in [9.17, 15) is 29.1 Å². The number of ketones is 1. The first kappa shape index (κ1) is 54.6. The van der Waals surface area contributed by atoms with Crippen LogP contribution >= 0.6 is 23.2 Å². The molecule has 1 atom stereocenters. The smallest absolute Gasteiger partial charge is 1.00 e. The molecule has 2 aromatic rings. The van der Waals surface area contributed by atoms with Crippen molar-refractivity contribution in [3.8, 4) is 0 Å². The number of nitrogens with zero attached hydrogens (tertiary/aromatic N) is 2. The molecular weight excluding hydrogens is 775 g/mol. The molecule has 0 bridgehead atoms. The normalized spacial score (nSPS) is 14.2. The van der Waals surface area contributed by atoms with Gasteiger partial charge in [-0.3, -0.25) is 14.5 Å². The summed E-state index contributed by atoms with van der Waals surface area (Å²) in [6.07, 6.45) is -0.261. The van der Waals surface area contributed by atoms with Gasteiger partial charge < -0.3 is 55.6 Å². The van der Waals surface area contributed by atoms with Gasteiger partial charge in [0.2, 0.25) is 0 Å². The molecule has 2 aliphatic rings. The molecule has 2 aliphatic heterocycles. The van der Waals surface area contributed by atoms with Crippen LogP contribution in [0.2, 0.25) is 0 Å². The number of amides is 1. The maximum absolute atomic E-state index is 12.7. The molecule has 0 aliphatic carbocycles. The van der Waals surface area contributed by atoms with E-state index in [0.717, 1.165) is 18.7 Å². The van der Waals surface area contributed by atoms with Crippen molar-refractivity contribution < 1.29 is 74.6 Å². The Labute approximate surface area is 342 Å². The fourth-order valence-corrected chi connectivity index (χ4v) is 4.59. The predicted molar refractivity (Wildman–Crippen MR) is 191 cm³/mol. The van der Waals surface area contributed by atoms with Gasteiger partial charge in [0.05, 0.1) is 54.9 Å². The number of halogens is 3. The molecule has 4 rings (SSSR count). The maximum Gasteiger partial charge on any atom is 2.00 e. The molecule has 294 valence electrons. The van der Waals surface area contributed by atoms with Gasteiger partial charge in [-0.2, -0.15) is 0 Å². The third-order valence-corrected chi connectivity index (χ3v) is 7.43. The summed E-state index contributed by atoms with van der Waals surface area (Å²) in [5, 5.41) is 12.7. The first-order valence-electron chi connectivity index (χ1n) is 15.1. The van der Waals surface area contributed by atoms with Gasteiger partial charge in [0.15, 0.2) is 0 Å². The van der Waals surface area contributed by atoms with E-state index >= 15 is 0 Å². The number of Topliss-reactive ketones (excluding diaryl/α,β-unsaturated/α-hetero) is 1. The zero-order valence-corrected chi connectivity index (χ0v) is 33.4. The topological polar surface area (TPSA) is 180 Å². The standard InChI is InChI=1S/C15H20NO5.C10H9ClO3.C6H11NO3.C2H3ClO2.CH4.ClH.Mg/c1-19-14(17)15(18,20-2)13-6-4-3-5-12(13)11-16-7-9-21-10-8-16;1-14-10(13)9(12)8-5-3-2-4-7(8)6-11;1-9-6(8)7-2-4-10-5-3-7;1-5-2(3)4;;;/h3-6H,7-11H2,1-2H3;2-5H,6H2,1H3;2-5H2,1H3;1H3;1H4;1H;/q-1;;;;;;+2/p-1. The number of alkyl halides is 1. The van der Waals surface area contributed by atoms with Gasteiger partial charge in [-0.05, 0) is 16.7 Å². The number of hydrogen-bond acceptors (Lipinski definition) is 14. The Morgan fingerprint density at radius 2 is 1.26 bits per heavy atom. The van der Waals surface area contributed by atoms with Crippen LogP contribution in [0.3, 0.4) is 0 Å². The zero-order valence-electron chi connectivity index (χ0n) is 29.7. The third-order valence-electron chi connectivity index (χ3n) is 6.99. The minimum Gasteiger partial charge on any atom is -1.00 e. The molecule has 53 heavy (non-hydrogen) atoms. The third kappa shape index (κ3) is 18.9. The number of esters is 2. The van der Waals surface area contributed by atoms with E-state index in [4.69, 9.17) is 25.8 Å². The summed E-state index contributed by atoms with van der Waals surface area (Å²) >= 11 is 10.2. The number of benzene rings is 2. The molecule has 0 aromatic heterocycles. The molecule has 1 amide bonds. The number of carbonyl (C=O) groups excluding carboxylic acids is 5. The van der Waals surface area contributed by atoms with Gasteiger partial charge in [0, 0.05) is 62.9 Å². The molecule has 2 aromatic carbocycles. The first-order chi connectivity index (χ1) is 23.9. The van der Waals surface area contributed by atoms with Gasteiger partial charge >= 0.3 is 46.5 Å². The van der Waals surface area contributed by atoms with E-state index in [-0.39, 0.29) is 54.9 Å². The van der Waals surface area contributed by atoms with Crippen molar-refractivity contribution in [1.29, 1.82) is 0 Å². The summed E-state index contributed by atoms with van der Waals surface area (Å²) in [6, 6.07) is 13.7. The van der Waals surface area contributed by atoms with Crippen molar-refractivity contribution in [2.24, 2.45) is 0 Å². The number of carbonyl (C=O) groups is 5. The second-order valence-electron chi connectivity index (χ2n) is 9.98. The summed E-state index contributed by atoms with van der Waals surface area (Å²) in [4.78, 5) is 58.2. The summed E-state index contributed by atoms with van der Waals surface area (Å²) in [5.74, 6) is -4.62. The van der Waals surface area contributed by atoms with Gasteiger partial charge in [-0.15, -0.1) is 11.6 Å². The number of hydrogen-bond donors (Lipinski definition) is 0. The largest absolute Gasteiger partial charge is 2.00 e. The number of methoxy groups -OCH3 is 5.